The lowest BCUT2D eigenvalue weighted by Gasteiger charge is -2.15. The molecule has 0 aliphatic heterocycles. The van der Waals surface area contributed by atoms with Gasteiger partial charge >= 0.3 is 0 Å². The molecule has 1 fully saturated rings. The minimum atomic E-state index is -0.443. The Morgan fingerprint density at radius 3 is 2.52 bits per heavy atom. The maximum Gasteiger partial charge on any atom is 0.236 e. The number of nitrogens with zero attached hydrogens (tertiary/aromatic N) is 1. The zero-order chi connectivity index (χ0) is 18.9. The van der Waals surface area contributed by atoms with Gasteiger partial charge in [0, 0.05) is 9.92 Å². The van der Waals surface area contributed by atoms with Crippen LogP contribution in [-0.2, 0) is 10.2 Å². The second-order valence-corrected chi connectivity index (χ2v) is 9.15. The summed E-state index contributed by atoms with van der Waals surface area (Å²) in [5.74, 6) is 0.795. The van der Waals surface area contributed by atoms with Crippen LogP contribution < -0.4 is 10.1 Å². The number of methoxy groups -OCH3 is 1. The predicted octanol–water partition coefficient (Wildman–Crippen LogP) is 5.63. The number of hydrogen-bond donors (Lipinski definition) is 1. The Labute approximate surface area is 170 Å². The summed E-state index contributed by atoms with van der Waals surface area (Å²) < 4.78 is 6.21. The fraction of sp³-hybridized carbons (Fsp3) is 0.200. The van der Waals surface area contributed by atoms with E-state index in [1.807, 2.05) is 48.5 Å². The molecule has 0 atom stereocenters. The highest BCUT2D eigenvalue weighted by Crippen LogP contribution is 2.49. The lowest BCUT2D eigenvalue weighted by atomic mass is 9.95. The van der Waals surface area contributed by atoms with Crippen molar-refractivity contribution in [1.82, 2.24) is 4.98 Å². The third-order valence-electron chi connectivity index (χ3n) is 4.56. The van der Waals surface area contributed by atoms with Crippen molar-refractivity contribution in [2.75, 3.05) is 12.4 Å². The SMILES string of the molecule is COc1ccc(C2(C(=O)Nc3ncc(Sc4ccc(Cl)cc4)s3)CC2)cc1. The number of amides is 1. The van der Waals surface area contributed by atoms with Gasteiger partial charge in [0.2, 0.25) is 5.91 Å². The van der Waals surface area contributed by atoms with Crippen LogP contribution in [0.15, 0.2) is 63.8 Å². The Kier molecular flexibility index (Phi) is 5.12. The van der Waals surface area contributed by atoms with Crippen LogP contribution in [0.25, 0.3) is 0 Å². The molecule has 0 saturated heterocycles. The van der Waals surface area contributed by atoms with E-state index in [4.69, 9.17) is 16.3 Å². The summed E-state index contributed by atoms with van der Waals surface area (Å²) in [7, 11) is 1.64. The molecule has 1 saturated carbocycles. The molecule has 0 radical (unpaired) electrons. The summed E-state index contributed by atoms with van der Waals surface area (Å²) in [6, 6.07) is 15.4. The van der Waals surface area contributed by atoms with Crippen molar-refractivity contribution in [2.24, 2.45) is 0 Å². The molecule has 3 aromatic rings. The maximum absolute atomic E-state index is 12.9. The van der Waals surface area contributed by atoms with E-state index in [-0.39, 0.29) is 5.91 Å². The van der Waals surface area contributed by atoms with E-state index in [1.54, 1.807) is 25.1 Å². The maximum atomic E-state index is 12.9. The summed E-state index contributed by atoms with van der Waals surface area (Å²) in [4.78, 5) is 18.3. The molecule has 1 aliphatic carbocycles. The van der Waals surface area contributed by atoms with Crippen molar-refractivity contribution in [3.63, 3.8) is 0 Å². The first-order valence-corrected chi connectivity index (χ1v) is 10.5. The molecule has 2 aromatic carbocycles. The molecule has 1 heterocycles. The van der Waals surface area contributed by atoms with Crippen LogP contribution >= 0.6 is 34.7 Å². The van der Waals surface area contributed by atoms with Gasteiger partial charge in [-0.2, -0.15) is 0 Å². The van der Waals surface area contributed by atoms with E-state index in [1.165, 1.54) is 11.3 Å². The van der Waals surface area contributed by atoms with Crippen LogP contribution in [0.3, 0.4) is 0 Å². The number of rotatable bonds is 6. The summed E-state index contributed by atoms with van der Waals surface area (Å²) in [5, 5.41) is 4.32. The van der Waals surface area contributed by atoms with Crippen molar-refractivity contribution < 1.29 is 9.53 Å². The fourth-order valence-corrected chi connectivity index (χ4v) is 4.85. The Morgan fingerprint density at radius 1 is 1.19 bits per heavy atom. The Hall–Kier alpha value is -2.02. The van der Waals surface area contributed by atoms with Crippen LogP contribution in [0.2, 0.25) is 5.02 Å². The molecule has 1 aromatic heterocycles. The van der Waals surface area contributed by atoms with E-state index in [2.05, 4.69) is 10.3 Å². The van der Waals surface area contributed by atoms with Gasteiger partial charge in [-0.05, 0) is 54.8 Å². The molecule has 138 valence electrons. The van der Waals surface area contributed by atoms with Gasteiger partial charge in [-0.3, -0.25) is 4.79 Å². The predicted molar refractivity (Wildman–Crippen MR) is 110 cm³/mol. The quantitative estimate of drug-likeness (QED) is 0.566. The van der Waals surface area contributed by atoms with Gasteiger partial charge in [0.25, 0.3) is 0 Å². The molecule has 1 N–H and O–H groups in total. The lowest BCUT2D eigenvalue weighted by molar-refractivity contribution is -0.118. The highest BCUT2D eigenvalue weighted by Gasteiger charge is 2.51. The average molecular weight is 417 g/mol. The Balaban J connectivity index is 1.43. The molecular formula is C20H17ClN2O2S2. The highest BCUT2D eigenvalue weighted by molar-refractivity contribution is 8.01. The van der Waals surface area contributed by atoms with Crippen LogP contribution in [0, 0.1) is 0 Å². The third-order valence-corrected chi connectivity index (χ3v) is 6.84. The topological polar surface area (TPSA) is 51.2 Å². The number of nitrogens with one attached hydrogen (secondary N) is 1. The highest BCUT2D eigenvalue weighted by atomic mass is 35.5. The number of benzene rings is 2. The van der Waals surface area contributed by atoms with Crippen molar-refractivity contribution in [3.05, 3.63) is 65.3 Å². The molecule has 1 amide bonds. The van der Waals surface area contributed by atoms with Crippen molar-refractivity contribution >= 4 is 45.7 Å². The number of thiazole rings is 1. The summed E-state index contributed by atoms with van der Waals surface area (Å²) in [6.07, 6.45) is 3.48. The van der Waals surface area contributed by atoms with Crippen molar-refractivity contribution in [1.29, 1.82) is 0 Å². The van der Waals surface area contributed by atoms with Crippen LogP contribution in [0.5, 0.6) is 5.75 Å². The standard InChI is InChI=1S/C20H17ClN2O2S2/c1-25-15-6-2-13(3-7-15)20(10-11-20)18(24)23-19-22-12-17(27-19)26-16-8-4-14(21)5-9-16/h2-9,12H,10-11H2,1H3,(H,22,23,24). The zero-order valence-electron chi connectivity index (χ0n) is 14.6. The van der Waals surface area contributed by atoms with Gasteiger partial charge in [-0.1, -0.05) is 46.8 Å². The second kappa shape index (κ2) is 7.54. The molecule has 1 aliphatic rings. The average Bonchev–Trinajstić information content (AvgIpc) is 3.39. The molecule has 27 heavy (non-hydrogen) atoms. The van der Waals surface area contributed by atoms with Crippen molar-refractivity contribution in [3.8, 4) is 5.75 Å². The first kappa shape index (κ1) is 18.3. The third kappa shape index (κ3) is 3.98. The van der Waals surface area contributed by atoms with E-state index in [0.717, 1.165) is 33.3 Å². The van der Waals surface area contributed by atoms with Crippen LogP contribution in [-0.4, -0.2) is 18.0 Å². The first-order valence-electron chi connectivity index (χ1n) is 8.44. The minimum absolute atomic E-state index is 0.00468. The van der Waals surface area contributed by atoms with Gasteiger partial charge in [0.05, 0.1) is 22.9 Å². The number of hydrogen-bond acceptors (Lipinski definition) is 5. The second-order valence-electron chi connectivity index (χ2n) is 6.31. The van der Waals surface area contributed by atoms with Crippen molar-refractivity contribution in [2.45, 2.75) is 27.4 Å². The van der Waals surface area contributed by atoms with Gasteiger partial charge in [0.1, 0.15) is 5.75 Å². The van der Waals surface area contributed by atoms with Gasteiger partial charge < -0.3 is 10.1 Å². The molecule has 4 nitrogen and oxygen atoms in total. The number of carbonyl (C=O) groups is 1. The van der Waals surface area contributed by atoms with E-state index in [9.17, 15) is 4.79 Å². The minimum Gasteiger partial charge on any atom is -0.497 e. The zero-order valence-corrected chi connectivity index (χ0v) is 17.0. The molecule has 7 heteroatoms. The lowest BCUT2D eigenvalue weighted by Crippen LogP contribution is -2.27. The smallest absolute Gasteiger partial charge is 0.236 e. The molecule has 0 spiro atoms. The molecule has 0 unspecified atom stereocenters. The van der Waals surface area contributed by atoms with E-state index >= 15 is 0 Å². The number of carbonyl (C=O) groups excluding carboxylic acids is 1. The molecule has 4 rings (SSSR count). The first-order chi connectivity index (χ1) is 13.1. The molecular weight excluding hydrogens is 400 g/mol. The Morgan fingerprint density at radius 2 is 1.89 bits per heavy atom. The van der Waals surface area contributed by atoms with Gasteiger partial charge in [-0.15, -0.1) is 0 Å². The van der Waals surface area contributed by atoms with E-state index < -0.39 is 5.41 Å². The summed E-state index contributed by atoms with van der Waals surface area (Å²) in [5.41, 5.74) is 0.578. The number of ether oxygens (including phenoxy) is 1. The number of aromatic nitrogens is 1. The van der Waals surface area contributed by atoms with E-state index in [0.29, 0.717) is 10.2 Å². The molecule has 0 bridgehead atoms. The summed E-state index contributed by atoms with van der Waals surface area (Å²) >= 11 is 8.99. The Bertz CT molecular complexity index is 951. The largest absolute Gasteiger partial charge is 0.497 e. The summed E-state index contributed by atoms with van der Waals surface area (Å²) in [6.45, 7) is 0. The fourth-order valence-electron chi connectivity index (χ4n) is 2.88. The van der Waals surface area contributed by atoms with Gasteiger partial charge in [0.15, 0.2) is 5.13 Å². The van der Waals surface area contributed by atoms with Gasteiger partial charge in [-0.25, -0.2) is 4.98 Å². The van der Waals surface area contributed by atoms with Crippen LogP contribution in [0.1, 0.15) is 18.4 Å². The van der Waals surface area contributed by atoms with Crippen LogP contribution in [0.4, 0.5) is 5.13 Å². The normalized spacial score (nSPS) is 14.6. The number of anilines is 1. The number of halogens is 1. The monoisotopic (exact) mass is 416 g/mol.